The molecule has 0 saturated carbocycles. The van der Waals surface area contributed by atoms with E-state index in [0.29, 0.717) is 13.1 Å². The largest absolute Gasteiger partial charge is 0.359 e. The van der Waals surface area contributed by atoms with Crippen molar-refractivity contribution in [1.29, 1.82) is 0 Å². The van der Waals surface area contributed by atoms with Crippen molar-refractivity contribution in [2.75, 3.05) is 18.0 Å². The molecule has 4 heterocycles. The molecule has 4 aromatic carbocycles. The van der Waals surface area contributed by atoms with E-state index in [1.165, 1.54) is 94.0 Å². The number of rotatable bonds is 17. The Morgan fingerprint density at radius 3 is 1.84 bits per heavy atom. The Morgan fingerprint density at radius 2 is 1.22 bits per heavy atom. The van der Waals surface area contributed by atoms with E-state index in [1.54, 1.807) is 0 Å². The fourth-order valence-electron chi connectivity index (χ4n) is 10.8. The molecule has 6 heteroatoms. The number of ketones is 1. The van der Waals surface area contributed by atoms with Crippen molar-refractivity contribution in [2.45, 2.75) is 117 Å². The molecule has 6 nitrogen and oxygen atoms in total. The number of allylic oxidation sites excluding steroid dienone is 5. The van der Waals surface area contributed by atoms with Gasteiger partial charge < -0.3 is 9.80 Å². The zero-order chi connectivity index (χ0) is 44.4. The van der Waals surface area contributed by atoms with Gasteiger partial charge in [0, 0.05) is 65.4 Å². The molecular formula is C58H64N5O+. The van der Waals surface area contributed by atoms with Crippen LogP contribution in [-0.2, 0) is 28.7 Å². The summed E-state index contributed by atoms with van der Waals surface area (Å²) in [7, 11) is 0. The molecule has 326 valence electrons. The second-order valence-corrected chi connectivity index (χ2v) is 19.1. The summed E-state index contributed by atoms with van der Waals surface area (Å²) in [4.78, 5) is 30.0. The van der Waals surface area contributed by atoms with Crippen LogP contribution in [0.2, 0.25) is 0 Å². The van der Waals surface area contributed by atoms with Gasteiger partial charge in [0.1, 0.15) is 6.54 Å². The molecule has 0 fully saturated rings. The molecule has 0 N–H and O–H groups in total. The number of unbranched alkanes of at least 4 members (excludes halogenated alkanes) is 6. The average Bonchev–Trinajstić information content (AvgIpc) is 3.66. The first-order chi connectivity index (χ1) is 31.1. The number of hydrogen-bond donors (Lipinski definition) is 0. The van der Waals surface area contributed by atoms with Gasteiger partial charge in [-0.2, -0.15) is 4.58 Å². The van der Waals surface area contributed by atoms with Crippen LogP contribution in [-0.4, -0.2) is 44.0 Å². The van der Waals surface area contributed by atoms with Gasteiger partial charge >= 0.3 is 0 Å². The topological polar surface area (TPSA) is 52.3 Å². The smallest absolute Gasteiger partial charge is 0.210 e. The lowest BCUT2D eigenvalue weighted by Crippen LogP contribution is -2.38. The summed E-state index contributed by atoms with van der Waals surface area (Å²) >= 11 is 0. The first kappa shape index (κ1) is 43.1. The zero-order valence-electron chi connectivity index (χ0n) is 38.8. The Hall–Kier alpha value is -6.14. The van der Waals surface area contributed by atoms with Crippen molar-refractivity contribution in [1.82, 2.24) is 14.9 Å². The van der Waals surface area contributed by atoms with Crippen molar-refractivity contribution in [3.8, 4) is 0 Å². The second-order valence-electron chi connectivity index (χ2n) is 19.1. The predicted octanol–water partition coefficient (Wildman–Crippen LogP) is 13.5. The lowest BCUT2D eigenvalue weighted by Gasteiger charge is -2.36. The summed E-state index contributed by atoms with van der Waals surface area (Å²) in [5.41, 5.74) is 11.2. The van der Waals surface area contributed by atoms with E-state index < -0.39 is 0 Å². The van der Waals surface area contributed by atoms with Crippen molar-refractivity contribution in [3.05, 3.63) is 179 Å². The van der Waals surface area contributed by atoms with Crippen molar-refractivity contribution < 1.29 is 9.37 Å². The maximum absolute atomic E-state index is 15.5. The molecule has 64 heavy (non-hydrogen) atoms. The number of fused-ring (bicyclic) bond motifs is 6. The highest BCUT2D eigenvalue weighted by atomic mass is 16.1. The van der Waals surface area contributed by atoms with E-state index >= 15 is 4.79 Å². The van der Waals surface area contributed by atoms with E-state index in [4.69, 9.17) is 9.97 Å². The quantitative estimate of drug-likeness (QED) is 0.0520. The second kappa shape index (κ2) is 18.2. The van der Waals surface area contributed by atoms with Crippen LogP contribution in [0.1, 0.15) is 115 Å². The third-order valence-electron chi connectivity index (χ3n) is 14.0. The fourth-order valence-corrected chi connectivity index (χ4v) is 10.8. The lowest BCUT2D eigenvalue weighted by atomic mass is 9.75. The van der Waals surface area contributed by atoms with Crippen molar-refractivity contribution >= 4 is 44.4 Å². The highest BCUT2D eigenvalue weighted by Gasteiger charge is 2.49. The summed E-state index contributed by atoms with van der Waals surface area (Å²) < 4.78 is 2.54. The van der Waals surface area contributed by atoms with Gasteiger partial charge in [0.25, 0.3) is 0 Å². The highest BCUT2D eigenvalue weighted by Crippen LogP contribution is 2.53. The van der Waals surface area contributed by atoms with Crippen LogP contribution in [0.15, 0.2) is 156 Å². The van der Waals surface area contributed by atoms with Gasteiger partial charge in [-0.15, -0.1) is 0 Å². The number of carbonyl (C=O) groups is 1. The first-order valence-electron chi connectivity index (χ1n) is 23.9. The highest BCUT2D eigenvalue weighted by molar-refractivity contribution is 6.25. The van der Waals surface area contributed by atoms with Crippen LogP contribution >= 0.6 is 0 Å². The maximum atomic E-state index is 15.5. The monoisotopic (exact) mass is 847 g/mol. The number of pyridine rings is 2. The third-order valence-corrected chi connectivity index (χ3v) is 14.0. The standard InChI is InChI=1S/C58H64N5O/c1-7-9-11-21-35-62-49-31-29-41-23-13-15-27-45(41)53(49)57(3,4)51(62)37-47-55(61(39-43-25-17-19-33-59-43)40-44-26-18-20-34-60-44)48(56(47)64)38-52-58(5,6)54-46-28-16-14-24-42(46)30-32-50(54)63(52)36-22-12-10-8-2/h13-20,23-34,37-38H,7-12,21-22,35-36,39-40H2,1-6H3/q+1. The Balaban J connectivity index is 1.26. The summed E-state index contributed by atoms with van der Waals surface area (Å²) in [5, 5.41) is 5.04. The summed E-state index contributed by atoms with van der Waals surface area (Å²) in [5.74, 6) is 0.0899. The van der Waals surface area contributed by atoms with E-state index in [9.17, 15) is 0 Å². The molecule has 2 aliphatic heterocycles. The first-order valence-corrected chi connectivity index (χ1v) is 23.9. The molecule has 0 amide bonds. The van der Waals surface area contributed by atoms with Gasteiger partial charge in [-0.3, -0.25) is 14.8 Å². The Bertz CT molecular complexity index is 2790. The molecule has 2 aromatic heterocycles. The zero-order valence-corrected chi connectivity index (χ0v) is 38.8. The average molecular weight is 847 g/mol. The summed E-state index contributed by atoms with van der Waals surface area (Å²) in [6.07, 6.45) is 17.6. The molecule has 0 bridgehead atoms. The minimum atomic E-state index is -0.355. The third kappa shape index (κ3) is 7.90. The van der Waals surface area contributed by atoms with Crippen LogP contribution in [0, 0.1) is 0 Å². The molecule has 0 spiro atoms. The minimum Gasteiger partial charge on any atom is -0.359 e. The molecule has 0 unspecified atom stereocenters. The van der Waals surface area contributed by atoms with Gasteiger partial charge in [-0.25, -0.2) is 0 Å². The summed E-state index contributed by atoms with van der Waals surface area (Å²) in [6.45, 7) is 16.8. The molecular weight excluding hydrogens is 783 g/mol. The molecule has 0 saturated heterocycles. The number of benzene rings is 4. The van der Waals surface area contributed by atoms with Gasteiger partial charge in [-0.1, -0.05) is 127 Å². The van der Waals surface area contributed by atoms with Crippen molar-refractivity contribution in [3.63, 3.8) is 0 Å². The maximum Gasteiger partial charge on any atom is 0.210 e. The minimum absolute atomic E-state index is 0.0899. The number of hydrogen-bond acceptors (Lipinski definition) is 5. The SMILES string of the molecule is CCCCCCN1C(=CC2=C(N(Cc3ccccn3)Cc3ccccn3)C(=CC3=[N+](CCCCCC)c4ccc5ccccc5c4C3(C)C)C2=O)C(C)(C)c2c1ccc1ccccc21. The van der Waals surface area contributed by atoms with Gasteiger partial charge in [-0.05, 0) is 96.3 Å². The number of Topliss-reactive ketones (excluding diaryl/α,β-unsaturated/α-hetero) is 1. The molecule has 6 aromatic rings. The molecule has 3 aliphatic rings. The predicted molar refractivity (Wildman–Crippen MR) is 265 cm³/mol. The number of anilines is 1. The van der Waals surface area contributed by atoms with E-state index in [2.05, 4.69) is 165 Å². The van der Waals surface area contributed by atoms with Gasteiger partial charge in [0.05, 0.1) is 41.2 Å². The molecule has 9 rings (SSSR count). The van der Waals surface area contributed by atoms with Crippen LogP contribution in [0.5, 0.6) is 0 Å². The number of nitrogens with zero attached hydrogens (tertiary/aromatic N) is 5. The molecule has 0 atom stereocenters. The number of carbonyl (C=O) groups excluding carboxylic acids is 1. The van der Waals surface area contributed by atoms with E-state index in [-0.39, 0.29) is 16.6 Å². The summed E-state index contributed by atoms with van der Waals surface area (Å²) in [6, 6.07) is 38.9. The Kier molecular flexibility index (Phi) is 12.2. The van der Waals surface area contributed by atoms with E-state index in [0.717, 1.165) is 54.2 Å². The van der Waals surface area contributed by atoms with Gasteiger partial charge in [0.2, 0.25) is 5.69 Å². The van der Waals surface area contributed by atoms with Gasteiger partial charge in [0.15, 0.2) is 11.5 Å². The van der Waals surface area contributed by atoms with E-state index in [1.807, 2.05) is 24.5 Å². The normalized spacial score (nSPS) is 17.5. The van der Waals surface area contributed by atoms with Crippen molar-refractivity contribution in [2.24, 2.45) is 0 Å². The fraction of sp³-hybridized carbons (Fsp3) is 0.345. The Labute approximate surface area is 380 Å². The van der Waals surface area contributed by atoms with Crippen LogP contribution < -0.4 is 4.90 Å². The van der Waals surface area contributed by atoms with Crippen LogP contribution in [0.3, 0.4) is 0 Å². The Morgan fingerprint density at radius 1 is 0.625 bits per heavy atom. The lowest BCUT2D eigenvalue weighted by molar-refractivity contribution is -0.438. The number of aromatic nitrogens is 2. The molecule has 1 aliphatic carbocycles. The molecule has 0 radical (unpaired) electrons. The van der Waals surface area contributed by atoms with Crippen LogP contribution in [0.25, 0.3) is 21.5 Å². The van der Waals surface area contributed by atoms with Crippen LogP contribution in [0.4, 0.5) is 11.4 Å².